The third-order valence-corrected chi connectivity index (χ3v) is 3.28. The second-order valence-electron chi connectivity index (χ2n) is 4.59. The monoisotopic (exact) mass is 213 g/mol. The highest BCUT2D eigenvalue weighted by Gasteiger charge is 2.41. The summed E-state index contributed by atoms with van der Waals surface area (Å²) in [6, 6.07) is 0.0863. The maximum atomic E-state index is 11.5. The van der Waals surface area contributed by atoms with Crippen molar-refractivity contribution >= 4 is 6.03 Å². The van der Waals surface area contributed by atoms with E-state index >= 15 is 0 Å². The minimum Gasteiger partial charge on any atom is -0.379 e. The fourth-order valence-electron chi connectivity index (χ4n) is 1.78. The Morgan fingerprint density at radius 1 is 1.53 bits per heavy atom. The smallest absolute Gasteiger partial charge is 0.315 e. The molecule has 86 valence electrons. The molecule has 5 heteroatoms. The lowest BCUT2D eigenvalue weighted by Crippen LogP contribution is -2.45. The van der Waals surface area contributed by atoms with Crippen LogP contribution in [0.15, 0.2) is 0 Å². The van der Waals surface area contributed by atoms with Gasteiger partial charge in [0.1, 0.15) is 0 Å². The molecule has 0 aromatic rings. The molecule has 5 nitrogen and oxygen atoms in total. The molecule has 0 bridgehead atoms. The molecule has 2 amide bonds. The molecule has 2 fully saturated rings. The number of nitrogens with two attached hydrogens (primary N) is 1. The molecule has 0 aromatic carbocycles. The highest BCUT2D eigenvalue weighted by molar-refractivity contribution is 5.74. The first kappa shape index (κ1) is 10.7. The Hall–Kier alpha value is -0.810. The zero-order chi connectivity index (χ0) is 10.7. The third-order valence-electron chi connectivity index (χ3n) is 3.28. The van der Waals surface area contributed by atoms with E-state index in [4.69, 9.17) is 10.5 Å². The molecule has 1 unspecified atom stereocenters. The predicted octanol–water partition coefficient (Wildman–Crippen LogP) is -0.187. The van der Waals surface area contributed by atoms with Gasteiger partial charge in [0, 0.05) is 18.6 Å². The van der Waals surface area contributed by atoms with Gasteiger partial charge in [0.25, 0.3) is 0 Å². The van der Waals surface area contributed by atoms with Crippen molar-refractivity contribution in [3.05, 3.63) is 0 Å². The van der Waals surface area contributed by atoms with Crippen LogP contribution in [0.2, 0.25) is 0 Å². The number of carbonyl (C=O) groups is 1. The van der Waals surface area contributed by atoms with Crippen molar-refractivity contribution in [1.82, 2.24) is 10.6 Å². The molecule has 1 aliphatic heterocycles. The van der Waals surface area contributed by atoms with Gasteiger partial charge in [0.15, 0.2) is 0 Å². The van der Waals surface area contributed by atoms with Crippen LogP contribution in [0.1, 0.15) is 19.3 Å². The van der Waals surface area contributed by atoms with E-state index in [0.29, 0.717) is 19.7 Å². The van der Waals surface area contributed by atoms with E-state index in [1.807, 2.05) is 0 Å². The fourth-order valence-corrected chi connectivity index (χ4v) is 1.78. The quantitative estimate of drug-likeness (QED) is 0.606. The van der Waals surface area contributed by atoms with Gasteiger partial charge in [0.05, 0.1) is 12.6 Å². The summed E-state index contributed by atoms with van der Waals surface area (Å²) in [6.07, 6.45) is 3.18. The van der Waals surface area contributed by atoms with Crippen LogP contribution >= 0.6 is 0 Å². The molecule has 2 rings (SSSR count). The molecule has 1 heterocycles. The van der Waals surface area contributed by atoms with E-state index < -0.39 is 0 Å². The van der Waals surface area contributed by atoms with E-state index in [9.17, 15) is 4.79 Å². The first-order valence-corrected chi connectivity index (χ1v) is 5.56. The molecule has 1 saturated heterocycles. The number of nitrogens with one attached hydrogen (secondary N) is 2. The van der Waals surface area contributed by atoms with Crippen LogP contribution in [0.5, 0.6) is 0 Å². The summed E-state index contributed by atoms with van der Waals surface area (Å²) in [7, 11) is 0. The Kier molecular flexibility index (Phi) is 3.11. The summed E-state index contributed by atoms with van der Waals surface area (Å²) < 4.78 is 5.17. The first-order chi connectivity index (χ1) is 7.24. The zero-order valence-corrected chi connectivity index (χ0v) is 8.92. The van der Waals surface area contributed by atoms with Crippen molar-refractivity contribution in [1.29, 1.82) is 0 Å². The number of urea groups is 1. The van der Waals surface area contributed by atoms with E-state index in [0.717, 1.165) is 25.9 Å². The number of amides is 2. The minimum absolute atomic E-state index is 0.0924. The van der Waals surface area contributed by atoms with Crippen LogP contribution in [0, 0.1) is 5.41 Å². The Balaban J connectivity index is 1.64. The maximum absolute atomic E-state index is 11.5. The van der Waals surface area contributed by atoms with E-state index in [-0.39, 0.29) is 17.5 Å². The van der Waals surface area contributed by atoms with Crippen LogP contribution in [-0.2, 0) is 4.74 Å². The van der Waals surface area contributed by atoms with Gasteiger partial charge < -0.3 is 21.1 Å². The van der Waals surface area contributed by atoms with Gasteiger partial charge in [-0.15, -0.1) is 0 Å². The number of carbonyl (C=O) groups excluding carboxylic acids is 1. The van der Waals surface area contributed by atoms with Crippen LogP contribution in [0.25, 0.3) is 0 Å². The molecular formula is C10H19N3O2. The predicted molar refractivity (Wildman–Crippen MR) is 56.5 cm³/mol. The van der Waals surface area contributed by atoms with Gasteiger partial charge in [0.2, 0.25) is 0 Å². The fraction of sp³-hybridized carbons (Fsp3) is 0.900. The number of rotatable bonds is 4. The zero-order valence-electron chi connectivity index (χ0n) is 8.92. The summed E-state index contributed by atoms with van der Waals surface area (Å²) >= 11 is 0. The third kappa shape index (κ3) is 2.82. The van der Waals surface area contributed by atoms with Gasteiger partial charge in [-0.2, -0.15) is 0 Å². The highest BCUT2D eigenvalue weighted by Crippen LogP contribution is 2.43. The van der Waals surface area contributed by atoms with Crippen molar-refractivity contribution in [3.8, 4) is 0 Å². The van der Waals surface area contributed by atoms with Gasteiger partial charge >= 0.3 is 6.03 Å². The summed E-state index contributed by atoms with van der Waals surface area (Å²) in [5, 5.41) is 5.77. The second kappa shape index (κ2) is 4.37. The summed E-state index contributed by atoms with van der Waals surface area (Å²) in [5.74, 6) is 0. The summed E-state index contributed by atoms with van der Waals surface area (Å²) in [5.41, 5.74) is 5.82. The van der Waals surface area contributed by atoms with Gasteiger partial charge in [-0.05, 0) is 25.8 Å². The van der Waals surface area contributed by atoms with Crippen LogP contribution in [-0.4, -0.2) is 38.4 Å². The van der Waals surface area contributed by atoms with E-state index in [1.165, 1.54) is 0 Å². The molecule has 0 aromatic heterocycles. The van der Waals surface area contributed by atoms with Gasteiger partial charge in [-0.1, -0.05) is 0 Å². The second-order valence-corrected chi connectivity index (χ2v) is 4.59. The molecule has 4 N–H and O–H groups in total. The number of ether oxygens (including phenoxy) is 1. The van der Waals surface area contributed by atoms with Crippen molar-refractivity contribution in [2.45, 2.75) is 25.3 Å². The van der Waals surface area contributed by atoms with Crippen molar-refractivity contribution in [3.63, 3.8) is 0 Å². The Morgan fingerprint density at radius 2 is 2.33 bits per heavy atom. The molecule has 1 aliphatic carbocycles. The normalized spacial score (nSPS) is 27.4. The highest BCUT2D eigenvalue weighted by atomic mass is 16.5. The molecule has 0 radical (unpaired) electrons. The molecular weight excluding hydrogens is 194 g/mol. The average Bonchev–Trinajstić information content (AvgIpc) is 2.86. The minimum atomic E-state index is -0.0924. The van der Waals surface area contributed by atoms with Crippen molar-refractivity contribution < 1.29 is 9.53 Å². The van der Waals surface area contributed by atoms with E-state index in [2.05, 4.69) is 10.6 Å². The lowest BCUT2D eigenvalue weighted by molar-refractivity contribution is 0.188. The Labute approximate surface area is 89.7 Å². The SMILES string of the molecule is NCC1(CNC(=O)NC2CCOC2)CC1. The van der Waals surface area contributed by atoms with Gasteiger partial charge in [-0.3, -0.25) is 0 Å². The number of hydrogen-bond acceptors (Lipinski definition) is 3. The Bertz CT molecular complexity index is 235. The standard InChI is InChI=1S/C10H19N3O2/c11-6-10(2-3-10)7-12-9(14)13-8-1-4-15-5-8/h8H,1-7,11H2,(H2,12,13,14). The Morgan fingerprint density at radius 3 is 2.87 bits per heavy atom. The largest absolute Gasteiger partial charge is 0.379 e. The molecule has 2 aliphatic rings. The van der Waals surface area contributed by atoms with Crippen molar-refractivity contribution in [2.75, 3.05) is 26.3 Å². The van der Waals surface area contributed by atoms with Crippen LogP contribution in [0.3, 0.4) is 0 Å². The van der Waals surface area contributed by atoms with Crippen molar-refractivity contribution in [2.24, 2.45) is 11.1 Å². The molecule has 15 heavy (non-hydrogen) atoms. The average molecular weight is 213 g/mol. The van der Waals surface area contributed by atoms with Gasteiger partial charge in [-0.25, -0.2) is 4.79 Å². The topological polar surface area (TPSA) is 76.4 Å². The summed E-state index contributed by atoms with van der Waals surface area (Å²) in [4.78, 5) is 11.5. The number of hydrogen-bond donors (Lipinski definition) is 3. The molecule has 0 spiro atoms. The van der Waals surface area contributed by atoms with Crippen LogP contribution < -0.4 is 16.4 Å². The molecule has 1 saturated carbocycles. The lowest BCUT2D eigenvalue weighted by Gasteiger charge is -2.16. The molecule has 1 atom stereocenters. The first-order valence-electron chi connectivity index (χ1n) is 5.56. The van der Waals surface area contributed by atoms with Crippen LogP contribution in [0.4, 0.5) is 4.79 Å². The lowest BCUT2D eigenvalue weighted by atomic mass is 10.1. The maximum Gasteiger partial charge on any atom is 0.315 e. The van der Waals surface area contributed by atoms with E-state index in [1.54, 1.807) is 0 Å². The summed E-state index contributed by atoms with van der Waals surface area (Å²) in [6.45, 7) is 2.75.